The summed E-state index contributed by atoms with van der Waals surface area (Å²) in [6.07, 6.45) is 1.50. The van der Waals surface area contributed by atoms with E-state index in [4.69, 9.17) is 5.73 Å². The average molecular weight is 345 g/mol. The molecule has 8 heteroatoms. The molecule has 2 heterocycles. The molecule has 0 saturated carbocycles. The van der Waals surface area contributed by atoms with E-state index < -0.39 is 0 Å². The number of aromatic nitrogens is 3. The first kappa shape index (κ1) is 16.1. The number of nitrogens with zero attached hydrogens (tertiary/aromatic N) is 2. The lowest BCUT2D eigenvalue weighted by Gasteiger charge is -2.02. The van der Waals surface area contributed by atoms with E-state index in [-0.39, 0.29) is 11.7 Å². The van der Waals surface area contributed by atoms with Crippen molar-refractivity contribution in [1.29, 1.82) is 0 Å². The van der Waals surface area contributed by atoms with Gasteiger partial charge in [0, 0.05) is 17.5 Å². The molecule has 0 radical (unpaired) electrons. The zero-order valence-electron chi connectivity index (χ0n) is 12.8. The highest BCUT2D eigenvalue weighted by Gasteiger charge is 2.12. The highest BCUT2D eigenvalue weighted by Crippen LogP contribution is 2.20. The molecule has 24 heavy (non-hydrogen) atoms. The highest BCUT2D eigenvalue weighted by molar-refractivity contribution is 7.13. The third-order valence-corrected chi connectivity index (χ3v) is 4.16. The van der Waals surface area contributed by atoms with Crippen LogP contribution in [0.25, 0.3) is 11.3 Å². The van der Waals surface area contributed by atoms with Crippen LogP contribution in [0.4, 0.5) is 9.52 Å². The quantitative estimate of drug-likeness (QED) is 0.598. The van der Waals surface area contributed by atoms with Gasteiger partial charge in [0.25, 0.3) is 5.91 Å². The SMILES string of the molecule is Nc1nc(CCCNC(=O)c2cc(-c3ccccc3F)n[nH]2)cs1. The Morgan fingerprint density at radius 3 is 2.96 bits per heavy atom. The summed E-state index contributed by atoms with van der Waals surface area (Å²) >= 11 is 1.40. The maximum Gasteiger partial charge on any atom is 0.269 e. The number of carbonyl (C=O) groups is 1. The number of benzene rings is 1. The minimum atomic E-state index is -0.376. The lowest BCUT2D eigenvalue weighted by molar-refractivity contribution is 0.0948. The fraction of sp³-hybridized carbons (Fsp3) is 0.188. The summed E-state index contributed by atoms with van der Waals surface area (Å²) in [5, 5.41) is 11.9. The minimum Gasteiger partial charge on any atom is -0.375 e. The molecule has 1 aromatic carbocycles. The van der Waals surface area contributed by atoms with Crippen molar-refractivity contribution >= 4 is 22.4 Å². The van der Waals surface area contributed by atoms with E-state index in [1.54, 1.807) is 18.2 Å². The molecule has 3 rings (SSSR count). The fourth-order valence-corrected chi connectivity index (χ4v) is 2.85. The predicted molar refractivity (Wildman–Crippen MR) is 91.2 cm³/mol. The van der Waals surface area contributed by atoms with Gasteiger partial charge in [-0.15, -0.1) is 11.3 Å². The Morgan fingerprint density at radius 2 is 2.21 bits per heavy atom. The zero-order chi connectivity index (χ0) is 16.9. The van der Waals surface area contributed by atoms with Gasteiger partial charge in [-0.1, -0.05) is 12.1 Å². The van der Waals surface area contributed by atoms with Crippen molar-refractivity contribution in [3.05, 3.63) is 52.9 Å². The van der Waals surface area contributed by atoms with Crippen molar-refractivity contribution in [3.8, 4) is 11.3 Å². The number of nitrogens with two attached hydrogens (primary N) is 1. The molecule has 0 saturated heterocycles. The van der Waals surface area contributed by atoms with Gasteiger partial charge in [0.2, 0.25) is 0 Å². The number of H-pyrrole nitrogens is 1. The van der Waals surface area contributed by atoms with Crippen LogP contribution in [0.5, 0.6) is 0 Å². The van der Waals surface area contributed by atoms with E-state index in [2.05, 4.69) is 20.5 Å². The molecular weight excluding hydrogens is 329 g/mol. The molecule has 0 fully saturated rings. The number of amides is 1. The second-order valence-electron chi connectivity index (χ2n) is 5.18. The van der Waals surface area contributed by atoms with Gasteiger partial charge in [-0.3, -0.25) is 9.89 Å². The number of carbonyl (C=O) groups excluding carboxylic acids is 1. The largest absolute Gasteiger partial charge is 0.375 e. The van der Waals surface area contributed by atoms with Crippen molar-refractivity contribution in [3.63, 3.8) is 0 Å². The van der Waals surface area contributed by atoms with Crippen molar-refractivity contribution < 1.29 is 9.18 Å². The molecule has 0 aliphatic heterocycles. The lowest BCUT2D eigenvalue weighted by atomic mass is 10.1. The van der Waals surface area contributed by atoms with Gasteiger partial charge in [-0.05, 0) is 31.0 Å². The van der Waals surface area contributed by atoms with Crippen LogP contribution in [0.2, 0.25) is 0 Å². The second-order valence-corrected chi connectivity index (χ2v) is 6.07. The summed E-state index contributed by atoms with van der Waals surface area (Å²) in [4.78, 5) is 16.2. The summed E-state index contributed by atoms with van der Waals surface area (Å²) in [6, 6.07) is 7.84. The van der Waals surface area contributed by atoms with Crippen molar-refractivity contribution in [1.82, 2.24) is 20.5 Å². The normalized spacial score (nSPS) is 10.7. The van der Waals surface area contributed by atoms with Crippen LogP contribution in [-0.2, 0) is 6.42 Å². The standard InChI is InChI=1S/C16H16FN5OS/c17-12-6-2-1-5-11(12)13-8-14(22-21-13)15(23)19-7-3-4-10-9-24-16(18)20-10/h1-2,5-6,8-9H,3-4,7H2,(H2,18,20)(H,19,23)(H,21,22). The number of hydrogen-bond donors (Lipinski definition) is 3. The van der Waals surface area contributed by atoms with Crippen LogP contribution in [0.3, 0.4) is 0 Å². The third kappa shape index (κ3) is 3.77. The van der Waals surface area contributed by atoms with Crippen LogP contribution in [-0.4, -0.2) is 27.6 Å². The Morgan fingerprint density at radius 1 is 1.38 bits per heavy atom. The maximum absolute atomic E-state index is 13.7. The van der Waals surface area contributed by atoms with Crippen molar-refractivity contribution in [2.75, 3.05) is 12.3 Å². The Hall–Kier alpha value is -2.74. The monoisotopic (exact) mass is 345 g/mol. The van der Waals surface area contributed by atoms with Gasteiger partial charge in [-0.25, -0.2) is 9.37 Å². The Balaban J connectivity index is 1.53. The Labute approximate surface area is 141 Å². The molecule has 0 unspecified atom stereocenters. The maximum atomic E-state index is 13.7. The Kier molecular flexibility index (Phi) is 4.85. The summed E-state index contributed by atoms with van der Waals surface area (Å²) in [7, 11) is 0. The molecule has 4 N–H and O–H groups in total. The molecule has 2 aromatic heterocycles. The number of nitrogen functional groups attached to an aromatic ring is 1. The van der Waals surface area contributed by atoms with Gasteiger partial charge >= 0.3 is 0 Å². The van der Waals surface area contributed by atoms with Gasteiger partial charge in [0.1, 0.15) is 11.5 Å². The van der Waals surface area contributed by atoms with E-state index >= 15 is 0 Å². The number of anilines is 1. The average Bonchev–Trinajstić information content (AvgIpc) is 3.21. The molecule has 124 valence electrons. The molecule has 6 nitrogen and oxygen atoms in total. The lowest BCUT2D eigenvalue weighted by Crippen LogP contribution is -2.25. The van der Waals surface area contributed by atoms with Crippen LogP contribution >= 0.6 is 11.3 Å². The number of aryl methyl sites for hydroxylation is 1. The predicted octanol–water partition coefficient (Wildman–Crippen LogP) is 2.62. The van der Waals surface area contributed by atoms with Gasteiger partial charge in [0.15, 0.2) is 5.13 Å². The van der Waals surface area contributed by atoms with Gasteiger partial charge < -0.3 is 11.1 Å². The first-order valence-corrected chi connectivity index (χ1v) is 8.30. The molecule has 0 aliphatic carbocycles. The third-order valence-electron chi connectivity index (χ3n) is 3.44. The zero-order valence-corrected chi connectivity index (χ0v) is 13.6. The topological polar surface area (TPSA) is 96.7 Å². The van der Waals surface area contributed by atoms with Crippen molar-refractivity contribution in [2.45, 2.75) is 12.8 Å². The van der Waals surface area contributed by atoms with Gasteiger partial charge in [-0.2, -0.15) is 5.10 Å². The second kappa shape index (κ2) is 7.22. The first-order chi connectivity index (χ1) is 11.6. The number of nitrogens with one attached hydrogen (secondary N) is 2. The number of thiazole rings is 1. The summed E-state index contributed by atoms with van der Waals surface area (Å²) < 4.78 is 13.7. The van der Waals surface area contributed by atoms with E-state index in [0.29, 0.717) is 28.6 Å². The molecule has 0 spiro atoms. The van der Waals surface area contributed by atoms with Crippen LogP contribution < -0.4 is 11.1 Å². The molecule has 0 atom stereocenters. The Bertz CT molecular complexity index is 844. The number of halogens is 1. The number of rotatable bonds is 6. The van der Waals surface area contributed by atoms with Crippen LogP contribution in [0.15, 0.2) is 35.7 Å². The fourth-order valence-electron chi connectivity index (χ4n) is 2.25. The number of hydrogen-bond acceptors (Lipinski definition) is 5. The molecule has 3 aromatic rings. The van der Waals surface area contributed by atoms with Crippen LogP contribution in [0, 0.1) is 5.82 Å². The van der Waals surface area contributed by atoms with Gasteiger partial charge in [0.05, 0.1) is 11.4 Å². The molecule has 0 bridgehead atoms. The van der Waals surface area contributed by atoms with Crippen molar-refractivity contribution in [2.24, 2.45) is 0 Å². The molecular formula is C16H16FN5OS. The molecule has 1 amide bonds. The smallest absolute Gasteiger partial charge is 0.269 e. The summed E-state index contributed by atoms with van der Waals surface area (Å²) in [6.45, 7) is 0.504. The summed E-state index contributed by atoms with van der Waals surface area (Å²) in [5.41, 5.74) is 7.55. The highest BCUT2D eigenvalue weighted by atomic mass is 32.1. The first-order valence-electron chi connectivity index (χ1n) is 7.42. The van der Waals surface area contributed by atoms with E-state index in [1.165, 1.54) is 23.5 Å². The van der Waals surface area contributed by atoms with E-state index in [0.717, 1.165) is 18.5 Å². The minimum absolute atomic E-state index is 0.275. The molecule has 0 aliphatic rings. The van der Waals surface area contributed by atoms with E-state index in [1.807, 2.05) is 5.38 Å². The van der Waals surface area contributed by atoms with E-state index in [9.17, 15) is 9.18 Å². The number of aromatic amines is 1. The van der Waals surface area contributed by atoms with Crippen LogP contribution in [0.1, 0.15) is 22.6 Å². The summed E-state index contributed by atoms with van der Waals surface area (Å²) in [5.74, 6) is -0.652.